The van der Waals surface area contributed by atoms with Gasteiger partial charge in [-0.05, 0) is 24.3 Å². The minimum atomic E-state index is -0.571. The average molecular weight is 360 g/mol. The molecular formula is C21H17FN4O. The third kappa shape index (κ3) is 4.47. The Hall–Kier alpha value is -3.72. The molecule has 5 nitrogen and oxygen atoms in total. The number of anilines is 1. The predicted molar refractivity (Wildman–Crippen MR) is 103 cm³/mol. The van der Waals surface area contributed by atoms with Crippen molar-refractivity contribution in [2.24, 2.45) is 0 Å². The fourth-order valence-electron chi connectivity index (χ4n) is 2.65. The first kappa shape index (κ1) is 18.1. The average Bonchev–Trinajstić information content (AvgIpc) is 2.69. The summed E-state index contributed by atoms with van der Waals surface area (Å²) in [5.41, 5.74) is 2.07. The van der Waals surface area contributed by atoms with Crippen LogP contribution >= 0.6 is 0 Å². The molecule has 3 rings (SSSR count). The Morgan fingerprint density at radius 1 is 1.15 bits per heavy atom. The van der Waals surface area contributed by atoms with Gasteiger partial charge in [-0.25, -0.2) is 4.39 Å². The molecule has 134 valence electrons. The Morgan fingerprint density at radius 3 is 2.81 bits per heavy atom. The topological polar surface area (TPSA) is 77.8 Å². The van der Waals surface area contributed by atoms with Crippen molar-refractivity contribution in [2.75, 3.05) is 18.4 Å². The van der Waals surface area contributed by atoms with Gasteiger partial charge in [-0.15, -0.1) is 0 Å². The van der Waals surface area contributed by atoms with Crippen LogP contribution in [0.5, 0.6) is 0 Å². The summed E-state index contributed by atoms with van der Waals surface area (Å²) in [6.45, 7) is 0.700. The van der Waals surface area contributed by atoms with Crippen molar-refractivity contribution in [1.82, 2.24) is 10.3 Å². The molecule has 0 spiro atoms. The van der Waals surface area contributed by atoms with Gasteiger partial charge >= 0.3 is 0 Å². The zero-order valence-electron chi connectivity index (χ0n) is 14.4. The molecular weight excluding hydrogens is 343 g/mol. The first-order chi connectivity index (χ1) is 13.2. The molecule has 2 aromatic carbocycles. The van der Waals surface area contributed by atoms with Gasteiger partial charge < -0.3 is 10.6 Å². The second kappa shape index (κ2) is 8.59. The molecule has 0 radical (unpaired) electrons. The summed E-state index contributed by atoms with van der Waals surface area (Å²) in [5.74, 6) is -0.817. The third-order valence-corrected chi connectivity index (χ3v) is 3.94. The van der Waals surface area contributed by atoms with E-state index in [2.05, 4.69) is 15.6 Å². The highest BCUT2D eigenvalue weighted by molar-refractivity contribution is 5.95. The number of nitrogens with zero attached hydrogens (tertiary/aromatic N) is 2. The number of nitriles is 1. The molecule has 27 heavy (non-hydrogen) atoms. The van der Waals surface area contributed by atoms with Crippen LogP contribution in [0.25, 0.3) is 17.0 Å². The molecule has 0 bridgehead atoms. The van der Waals surface area contributed by atoms with E-state index in [1.165, 1.54) is 18.2 Å². The van der Waals surface area contributed by atoms with Crippen LogP contribution in [0.1, 0.15) is 11.1 Å². The smallest absolute Gasteiger partial charge is 0.244 e. The summed E-state index contributed by atoms with van der Waals surface area (Å²) in [7, 11) is 0. The van der Waals surface area contributed by atoms with Gasteiger partial charge in [0.25, 0.3) is 0 Å². The standard InChI is InChI=1S/C21H17FN4O/c22-18-7-2-8-19(17(18)14-23)24-12-13-25-20(27)10-9-16-5-1-4-15-6-3-11-26-21(15)16/h1-11,24H,12-13H2,(H,25,27)/b10-9-. The number of carbonyl (C=O) groups is 1. The molecule has 1 heterocycles. The van der Waals surface area contributed by atoms with Crippen LogP contribution in [0.3, 0.4) is 0 Å². The monoisotopic (exact) mass is 360 g/mol. The molecule has 0 fully saturated rings. The van der Waals surface area contributed by atoms with E-state index in [4.69, 9.17) is 5.26 Å². The van der Waals surface area contributed by atoms with Gasteiger partial charge in [0.2, 0.25) is 5.91 Å². The summed E-state index contributed by atoms with van der Waals surface area (Å²) >= 11 is 0. The molecule has 0 atom stereocenters. The van der Waals surface area contributed by atoms with Crippen molar-refractivity contribution in [2.45, 2.75) is 0 Å². The van der Waals surface area contributed by atoms with Gasteiger partial charge in [0.1, 0.15) is 17.4 Å². The third-order valence-electron chi connectivity index (χ3n) is 3.94. The van der Waals surface area contributed by atoms with Gasteiger partial charge in [0.05, 0.1) is 11.2 Å². The van der Waals surface area contributed by atoms with E-state index >= 15 is 0 Å². The second-order valence-electron chi connectivity index (χ2n) is 5.75. The maximum Gasteiger partial charge on any atom is 0.244 e. The van der Waals surface area contributed by atoms with Crippen molar-refractivity contribution in [3.8, 4) is 6.07 Å². The van der Waals surface area contributed by atoms with Crippen LogP contribution in [0.15, 0.2) is 60.8 Å². The van der Waals surface area contributed by atoms with Crippen LogP contribution < -0.4 is 10.6 Å². The quantitative estimate of drug-likeness (QED) is 0.521. The van der Waals surface area contributed by atoms with Gasteiger partial charge in [0.15, 0.2) is 0 Å². The molecule has 0 aliphatic rings. The van der Waals surface area contributed by atoms with E-state index < -0.39 is 5.82 Å². The molecule has 0 unspecified atom stereocenters. The SMILES string of the molecule is N#Cc1c(F)cccc1NCCNC(=O)/C=C\c1cccc2cccnc12. The molecule has 1 amide bonds. The summed E-state index contributed by atoms with van der Waals surface area (Å²) in [5, 5.41) is 15.7. The Labute approximate surface area is 156 Å². The predicted octanol–water partition coefficient (Wildman–Crippen LogP) is 3.49. The Kier molecular flexibility index (Phi) is 5.75. The second-order valence-corrected chi connectivity index (χ2v) is 5.75. The minimum absolute atomic E-state index is 0.0350. The number of benzene rings is 2. The number of amides is 1. The number of carbonyl (C=O) groups excluding carboxylic acids is 1. The first-order valence-electron chi connectivity index (χ1n) is 8.41. The zero-order valence-corrected chi connectivity index (χ0v) is 14.4. The lowest BCUT2D eigenvalue weighted by Crippen LogP contribution is -2.27. The highest BCUT2D eigenvalue weighted by Gasteiger charge is 2.06. The summed E-state index contributed by atoms with van der Waals surface area (Å²) in [6, 6.07) is 15.8. The zero-order chi connectivity index (χ0) is 19.1. The lowest BCUT2D eigenvalue weighted by Gasteiger charge is -2.08. The van der Waals surface area contributed by atoms with E-state index in [1.807, 2.05) is 36.4 Å². The Balaban J connectivity index is 1.54. The van der Waals surface area contributed by atoms with E-state index in [-0.39, 0.29) is 11.5 Å². The van der Waals surface area contributed by atoms with Crippen molar-refractivity contribution in [3.63, 3.8) is 0 Å². The lowest BCUT2D eigenvalue weighted by molar-refractivity contribution is -0.116. The number of para-hydroxylation sites is 1. The van der Waals surface area contributed by atoms with E-state index in [9.17, 15) is 9.18 Å². The normalized spacial score (nSPS) is 10.7. The van der Waals surface area contributed by atoms with Gasteiger partial charge in [0, 0.05) is 36.3 Å². The highest BCUT2D eigenvalue weighted by atomic mass is 19.1. The van der Waals surface area contributed by atoms with Crippen LogP contribution in [0.2, 0.25) is 0 Å². The van der Waals surface area contributed by atoms with Gasteiger partial charge in [-0.1, -0.05) is 30.3 Å². The number of pyridine rings is 1. The van der Waals surface area contributed by atoms with Crippen molar-refractivity contribution in [3.05, 3.63) is 77.7 Å². The van der Waals surface area contributed by atoms with Crippen molar-refractivity contribution < 1.29 is 9.18 Å². The molecule has 0 aliphatic carbocycles. The molecule has 0 saturated carbocycles. The number of hydrogen-bond donors (Lipinski definition) is 2. The van der Waals surface area contributed by atoms with Crippen molar-refractivity contribution >= 4 is 28.6 Å². The van der Waals surface area contributed by atoms with Crippen molar-refractivity contribution in [1.29, 1.82) is 5.26 Å². The fourth-order valence-corrected chi connectivity index (χ4v) is 2.65. The number of nitrogens with one attached hydrogen (secondary N) is 2. The van der Waals surface area contributed by atoms with E-state index in [1.54, 1.807) is 18.3 Å². The molecule has 0 aliphatic heterocycles. The molecule has 1 aromatic heterocycles. The Bertz CT molecular complexity index is 1030. The maximum absolute atomic E-state index is 13.5. The molecule has 0 saturated heterocycles. The van der Waals surface area contributed by atoms with E-state index in [0.29, 0.717) is 18.8 Å². The van der Waals surface area contributed by atoms with Gasteiger partial charge in [-0.3, -0.25) is 9.78 Å². The van der Waals surface area contributed by atoms with Crippen LogP contribution in [0.4, 0.5) is 10.1 Å². The minimum Gasteiger partial charge on any atom is -0.382 e. The van der Waals surface area contributed by atoms with Crippen LogP contribution in [-0.2, 0) is 4.79 Å². The van der Waals surface area contributed by atoms with Gasteiger partial charge in [-0.2, -0.15) is 5.26 Å². The maximum atomic E-state index is 13.5. The number of hydrogen-bond acceptors (Lipinski definition) is 4. The van der Waals surface area contributed by atoms with Crippen LogP contribution in [-0.4, -0.2) is 24.0 Å². The van der Waals surface area contributed by atoms with Crippen LogP contribution in [0, 0.1) is 17.1 Å². The number of fused-ring (bicyclic) bond motifs is 1. The number of rotatable bonds is 6. The first-order valence-corrected chi connectivity index (χ1v) is 8.41. The lowest BCUT2D eigenvalue weighted by atomic mass is 10.1. The molecule has 6 heteroatoms. The number of aromatic nitrogens is 1. The highest BCUT2D eigenvalue weighted by Crippen LogP contribution is 2.18. The Morgan fingerprint density at radius 2 is 1.96 bits per heavy atom. The molecule has 2 N–H and O–H groups in total. The van der Waals surface area contributed by atoms with E-state index in [0.717, 1.165) is 16.5 Å². The summed E-state index contributed by atoms with van der Waals surface area (Å²) < 4.78 is 13.5. The summed E-state index contributed by atoms with van der Waals surface area (Å²) in [6.07, 6.45) is 4.89. The molecule has 3 aromatic rings. The fraction of sp³-hybridized carbons (Fsp3) is 0.0952. The largest absolute Gasteiger partial charge is 0.382 e. The number of halogens is 1. The summed E-state index contributed by atoms with van der Waals surface area (Å²) in [4.78, 5) is 16.3.